The Bertz CT molecular complexity index is 633. The molecule has 4 heteroatoms. The number of rotatable bonds is 4. The second kappa shape index (κ2) is 6.02. The number of hydrogen-bond acceptors (Lipinski definition) is 3. The molecule has 2 rings (SSSR count). The Morgan fingerprint density at radius 3 is 2.30 bits per heavy atom. The number of anilines is 1. The molecule has 0 bridgehead atoms. The van der Waals surface area contributed by atoms with Crippen LogP contribution in [0, 0.1) is 0 Å². The van der Waals surface area contributed by atoms with Gasteiger partial charge in [-0.05, 0) is 35.4 Å². The van der Waals surface area contributed by atoms with E-state index in [4.69, 9.17) is 4.74 Å². The Labute approximate surface area is 117 Å². The van der Waals surface area contributed by atoms with Gasteiger partial charge in [0.25, 0.3) is 0 Å². The molecule has 2 aromatic rings. The van der Waals surface area contributed by atoms with Crippen LogP contribution in [0.4, 0.5) is 5.69 Å². The Morgan fingerprint density at radius 2 is 1.75 bits per heavy atom. The highest BCUT2D eigenvalue weighted by atomic mass is 16.5. The molecule has 1 N–H and O–H groups in total. The number of methoxy groups -OCH3 is 1. The lowest BCUT2D eigenvalue weighted by Gasteiger charge is -2.08. The standard InChI is InChI=1S/C16H15NO3/c1-11(19)17-15-6-3-12(4-7-15)13-5-8-16(20-2)14(9-13)10-18/h3-10H,1-2H3,(H,17,19). The number of benzene rings is 2. The molecular weight excluding hydrogens is 254 g/mol. The van der Waals surface area contributed by atoms with Crippen molar-refractivity contribution in [2.75, 3.05) is 12.4 Å². The number of carbonyl (C=O) groups is 2. The molecule has 0 fully saturated rings. The Morgan fingerprint density at radius 1 is 1.10 bits per heavy atom. The van der Waals surface area contributed by atoms with Gasteiger partial charge >= 0.3 is 0 Å². The highest BCUT2D eigenvalue weighted by Gasteiger charge is 2.05. The third-order valence-electron chi connectivity index (χ3n) is 2.90. The van der Waals surface area contributed by atoms with Gasteiger partial charge in [0.2, 0.25) is 5.91 Å². The Hall–Kier alpha value is -2.62. The average molecular weight is 269 g/mol. The summed E-state index contributed by atoms with van der Waals surface area (Å²) >= 11 is 0. The summed E-state index contributed by atoms with van der Waals surface area (Å²) in [6.45, 7) is 1.47. The van der Waals surface area contributed by atoms with Crippen molar-refractivity contribution in [2.24, 2.45) is 0 Å². The van der Waals surface area contributed by atoms with Crippen LogP contribution in [0.25, 0.3) is 11.1 Å². The molecule has 0 aromatic heterocycles. The molecule has 0 aliphatic heterocycles. The lowest BCUT2D eigenvalue weighted by atomic mass is 10.0. The minimum absolute atomic E-state index is 0.106. The second-order valence-electron chi connectivity index (χ2n) is 4.33. The number of amides is 1. The maximum Gasteiger partial charge on any atom is 0.221 e. The van der Waals surface area contributed by atoms with Crippen molar-refractivity contribution in [3.63, 3.8) is 0 Å². The topological polar surface area (TPSA) is 55.4 Å². The third-order valence-corrected chi connectivity index (χ3v) is 2.90. The summed E-state index contributed by atoms with van der Waals surface area (Å²) < 4.78 is 5.11. The van der Waals surface area contributed by atoms with Crippen molar-refractivity contribution in [3.8, 4) is 16.9 Å². The first-order valence-corrected chi connectivity index (χ1v) is 6.15. The maximum absolute atomic E-state index is 11.0. The molecule has 0 radical (unpaired) electrons. The average Bonchev–Trinajstić information content (AvgIpc) is 2.46. The number of ether oxygens (including phenoxy) is 1. The summed E-state index contributed by atoms with van der Waals surface area (Å²) in [4.78, 5) is 22.0. The molecule has 4 nitrogen and oxygen atoms in total. The van der Waals surface area contributed by atoms with Crippen molar-refractivity contribution in [2.45, 2.75) is 6.92 Å². The molecule has 0 atom stereocenters. The van der Waals surface area contributed by atoms with Crippen LogP contribution >= 0.6 is 0 Å². The van der Waals surface area contributed by atoms with Crippen molar-refractivity contribution in [1.29, 1.82) is 0 Å². The van der Waals surface area contributed by atoms with E-state index in [-0.39, 0.29) is 5.91 Å². The zero-order valence-electron chi connectivity index (χ0n) is 11.3. The normalized spacial score (nSPS) is 9.90. The summed E-state index contributed by atoms with van der Waals surface area (Å²) in [5.41, 5.74) is 3.13. The molecular formula is C16H15NO3. The monoisotopic (exact) mass is 269 g/mol. The van der Waals surface area contributed by atoms with Crippen LogP contribution in [0.1, 0.15) is 17.3 Å². The smallest absolute Gasteiger partial charge is 0.221 e. The van der Waals surface area contributed by atoms with E-state index in [9.17, 15) is 9.59 Å². The van der Waals surface area contributed by atoms with E-state index in [1.54, 1.807) is 12.1 Å². The molecule has 102 valence electrons. The lowest BCUT2D eigenvalue weighted by molar-refractivity contribution is -0.114. The van der Waals surface area contributed by atoms with E-state index in [0.29, 0.717) is 11.3 Å². The van der Waals surface area contributed by atoms with Crippen LogP contribution in [0.2, 0.25) is 0 Å². The lowest BCUT2D eigenvalue weighted by Crippen LogP contribution is -2.05. The number of aldehydes is 1. The van der Waals surface area contributed by atoms with Gasteiger partial charge in [-0.1, -0.05) is 18.2 Å². The Kier molecular flexibility index (Phi) is 4.15. The predicted octanol–water partition coefficient (Wildman–Crippen LogP) is 3.13. The highest BCUT2D eigenvalue weighted by molar-refractivity contribution is 5.89. The quantitative estimate of drug-likeness (QED) is 0.867. The molecule has 0 saturated carbocycles. The van der Waals surface area contributed by atoms with Crippen molar-refractivity contribution in [1.82, 2.24) is 0 Å². The fourth-order valence-corrected chi connectivity index (χ4v) is 1.96. The molecule has 0 spiro atoms. The molecule has 20 heavy (non-hydrogen) atoms. The minimum atomic E-state index is -0.106. The zero-order valence-corrected chi connectivity index (χ0v) is 11.3. The van der Waals surface area contributed by atoms with E-state index in [1.165, 1.54) is 14.0 Å². The van der Waals surface area contributed by atoms with E-state index in [0.717, 1.165) is 23.1 Å². The van der Waals surface area contributed by atoms with E-state index in [1.807, 2.05) is 30.3 Å². The van der Waals surface area contributed by atoms with Crippen LogP contribution in [-0.2, 0) is 4.79 Å². The molecule has 0 unspecified atom stereocenters. The minimum Gasteiger partial charge on any atom is -0.496 e. The van der Waals surface area contributed by atoms with Crippen LogP contribution in [0.3, 0.4) is 0 Å². The summed E-state index contributed by atoms with van der Waals surface area (Å²) in [7, 11) is 1.53. The summed E-state index contributed by atoms with van der Waals surface area (Å²) in [5.74, 6) is 0.448. The third kappa shape index (κ3) is 3.03. The second-order valence-corrected chi connectivity index (χ2v) is 4.33. The van der Waals surface area contributed by atoms with Crippen molar-refractivity contribution >= 4 is 17.9 Å². The van der Waals surface area contributed by atoms with E-state index in [2.05, 4.69) is 5.32 Å². The zero-order chi connectivity index (χ0) is 14.5. The summed E-state index contributed by atoms with van der Waals surface area (Å²) in [6, 6.07) is 12.9. The predicted molar refractivity (Wildman–Crippen MR) is 78.1 cm³/mol. The van der Waals surface area contributed by atoms with Gasteiger partial charge < -0.3 is 10.1 Å². The van der Waals surface area contributed by atoms with E-state index < -0.39 is 0 Å². The fraction of sp³-hybridized carbons (Fsp3) is 0.125. The SMILES string of the molecule is COc1ccc(-c2ccc(NC(C)=O)cc2)cc1C=O. The van der Waals surface area contributed by atoms with Gasteiger partial charge in [0.1, 0.15) is 5.75 Å². The first-order valence-electron chi connectivity index (χ1n) is 6.15. The van der Waals surface area contributed by atoms with Gasteiger partial charge in [-0.3, -0.25) is 9.59 Å². The van der Waals surface area contributed by atoms with Gasteiger partial charge in [-0.15, -0.1) is 0 Å². The van der Waals surface area contributed by atoms with Gasteiger partial charge in [-0.25, -0.2) is 0 Å². The molecule has 1 amide bonds. The first kappa shape index (κ1) is 13.8. The van der Waals surface area contributed by atoms with E-state index >= 15 is 0 Å². The first-order chi connectivity index (χ1) is 9.63. The molecule has 0 heterocycles. The van der Waals surface area contributed by atoms with Crippen LogP contribution in [0.5, 0.6) is 5.75 Å². The number of hydrogen-bond donors (Lipinski definition) is 1. The van der Waals surface area contributed by atoms with Crippen LogP contribution in [0.15, 0.2) is 42.5 Å². The molecule has 0 aliphatic carbocycles. The fourth-order valence-electron chi connectivity index (χ4n) is 1.96. The van der Waals surface area contributed by atoms with Crippen molar-refractivity contribution < 1.29 is 14.3 Å². The summed E-state index contributed by atoms with van der Waals surface area (Å²) in [6.07, 6.45) is 0.772. The van der Waals surface area contributed by atoms with Crippen LogP contribution in [-0.4, -0.2) is 19.3 Å². The Balaban J connectivity index is 2.31. The van der Waals surface area contributed by atoms with Crippen molar-refractivity contribution in [3.05, 3.63) is 48.0 Å². The molecule has 0 saturated heterocycles. The molecule has 2 aromatic carbocycles. The van der Waals surface area contributed by atoms with Crippen LogP contribution < -0.4 is 10.1 Å². The highest BCUT2D eigenvalue weighted by Crippen LogP contribution is 2.26. The van der Waals surface area contributed by atoms with Gasteiger partial charge in [0, 0.05) is 12.6 Å². The number of nitrogens with one attached hydrogen (secondary N) is 1. The van der Waals surface area contributed by atoms with Gasteiger partial charge in [-0.2, -0.15) is 0 Å². The maximum atomic E-state index is 11.0. The largest absolute Gasteiger partial charge is 0.496 e. The van der Waals surface area contributed by atoms with Gasteiger partial charge in [0.15, 0.2) is 6.29 Å². The molecule has 0 aliphatic rings. The number of carbonyl (C=O) groups excluding carboxylic acids is 2. The summed E-state index contributed by atoms with van der Waals surface area (Å²) in [5, 5.41) is 2.71. The van der Waals surface area contributed by atoms with Gasteiger partial charge in [0.05, 0.1) is 12.7 Å².